The van der Waals surface area contributed by atoms with Crippen LogP contribution >= 0.6 is 0 Å². The third kappa shape index (κ3) is 6.59. The predicted octanol–water partition coefficient (Wildman–Crippen LogP) is 19.8. The van der Waals surface area contributed by atoms with Gasteiger partial charge in [-0.25, -0.2) is 0 Å². The van der Waals surface area contributed by atoms with Gasteiger partial charge in [0.25, 0.3) is 0 Å². The van der Waals surface area contributed by atoms with Gasteiger partial charge in [-0.1, -0.05) is 199 Å². The van der Waals surface area contributed by atoms with E-state index in [1.165, 1.54) is 71.6 Å². The zero-order valence-electron chi connectivity index (χ0n) is 42.7. The van der Waals surface area contributed by atoms with E-state index in [9.17, 15) is 0 Å². The van der Waals surface area contributed by atoms with Crippen LogP contribution in [0.5, 0.6) is 0 Å². The van der Waals surface area contributed by atoms with E-state index in [0.29, 0.717) is 0 Å². The molecule has 0 bridgehead atoms. The number of anilines is 6. The fraction of sp³-hybridized carbons (Fsp3) is 0.127. The number of hydrogen-bond acceptors (Lipinski definition) is 3. The molecule has 0 aliphatic heterocycles. The molecule has 0 amide bonds. The minimum atomic E-state index is -0.702. The van der Waals surface area contributed by atoms with Crippen LogP contribution in [-0.4, -0.2) is 0 Å². The lowest BCUT2D eigenvalue weighted by atomic mass is 9.70. The summed E-state index contributed by atoms with van der Waals surface area (Å²) in [5, 5.41) is 7.00. The molecule has 12 aromatic rings. The van der Waals surface area contributed by atoms with Crippen molar-refractivity contribution in [3.8, 4) is 22.3 Å². The largest absolute Gasteiger partial charge is 0.455 e. The molecule has 356 valence electrons. The summed E-state index contributed by atoms with van der Waals surface area (Å²) in [7, 11) is 0. The molecular weight excluding hydrogens is 897 g/mol. The monoisotopic (exact) mass is 952 g/mol. The lowest BCUT2D eigenvalue weighted by Gasteiger charge is -2.33. The highest BCUT2D eigenvalue weighted by atomic mass is 16.3. The SMILES string of the molecule is CC(C)(C)c1ccc(N(c2ccc3c(c2)C2(c4ccccc4-c4ccccc42)c2cc(N(c4ccc(C(C)(C)C)cc4)c4ccc5ccccc5c4)c4c(oc5ccccc54)c2-3)c2ccc3ccccc3c2)cc1. The maximum atomic E-state index is 7.39. The molecule has 0 radical (unpaired) electrons. The van der Waals surface area contributed by atoms with Gasteiger partial charge < -0.3 is 14.2 Å². The van der Waals surface area contributed by atoms with Gasteiger partial charge >= 0.3 is 0 Å². The Hall–Kier alpha value is -8.66. The Bertz CT molecular complexity index is 4170. The van der Waals surface area contributed by atoms with Crippen molar-refractivity contribution in [2.24, 2.45) is 0 Å². The second kappa shape index (κ2) is 16.2. The third-order valence-corrected chi connectivity index (χ3v) is 16.1. The second-order valence-electron chi connectivity index (χ2n) is 22.5. The van der Waals surface area contributed by atoms with Crippen LogP contribution in [0.1, 0.15) is 74.9 Å². The molecule has 2 aliphatic carbocycles. The standard InChI is InChI=1S/C71H56N2O/c1-69(2,3)49-29-35-51(36-30-49)72(53-33-27-45-17-7-9-19-47(45)41-53)55-39-40-58-62(43-55)71(60-24-14-11-21-56(60)57-22-12-15-25-61(57)71)63-44-64(67-59-23-13-16-26-65(59)74-68(67)66(58)63)73(52-37-31-50(32-38-52)70(4,5)6)54-34-28-46-18-8-10-20-48(46)42-54/h7-44H,1-6H3. The fourth-order valence-corrected chi connectivity index (χ4v) is 12.5. The van der Waals surface area contributed by atoms with Crippen LogP contribution in [0.2, 0.25) is 0 Å². The van der Waals surface area contributed by atoms with Crippen LogP contribution in [-0.2, 0) is 16.2 Å². The molecule has 0 atom stereocenters. The average Bonchev–Trinajstić information content (AvgIpc) is 4.10. The van der Waals surface area contributed by atoms with E-state index in [1.54, 1.807) is 0 Å². The van der Waals surface area contributed by atoms with E-state index in [4.69, 9.17) is 4.42 Å². The van der Waals surface area contributed by atoms with Crippen molar-refractivity contribution in [2.45, 2.75) is 57.8 Å². The van der Waals surface area contributed by atoms with Crippen molar-refractivity contribution in [3.05, 3.63) is 264 Å². The van der Waals surface area contributed by atoms with Gasteiger partial charge in [0.15, 0.2) is 0 Å². The van der Waals surface area contributed by atoms with Crippen molar-refractivity contribution in [1.29, 1.82) is 0 Å². The smallest absolute Gasteiger partial charge is 0.145 e. The number of fused-ring (bicyclic) bond motifs is 16. The minimum Gasteiger partial charge on any atom is -0.455 e. The molecule has 1 spiro atoms. The highest BCUT2D eigenvalue weighted by molar-refractivity contribution is 6.20. The lowest BCUT2D eigenvalue weighted by molar-refractivity contribution is 0.590. The number of rotatable bonds is 6. The van der Waals surface area contributed by atoms with Crippen molar-refractivity contribution >= 4 is 77.6 Å². The molecule has 0 saturated heterocycles. The summed E-state index contributed by atoms with van der Waals surface area (Å²) in [6, 6.07) is 86.2. The van der Waals surface area contributed by atoms with Crippen molar-refractivity contribution < 1.29 is 4.42 Å². The van der Waals surface area contributed by atoms with E-state index < -0.39 is 5.41 Å². The van der Waals surface area contributed by atoms with Gasteiger partial charge in [-0.15, -0.1) is 0 Å². The summed E-state index contributed by atoms with van der Waals surface area (Å²) in [5.74, 6) is 0. The number of hydrogen-bond donors (Lipinski definition) is 0. The Kier molecular flexibility index (Phi) is 9.63. The Morgan fingerprint density at radius 2 is 0.811 bits per heavy atom. The molecule has 1 heterocycles. The molecule has 0 unspecified atom stereocenters. The molecule has 0 N–H and O–H groups in total. The van der Waals surface area contributed by atoms with Gasteiger partial charge in [0.2, 0.25) is 0 Å². The van der Waals surface area contributed by atoms with Crippen LogP contribution in [0.25, 0.3) is 65.7 Å². The number of benzene rings is 11. The summed E-state index contributed by atoms with van der Waals surface area (Å²) in [5.41, 5.74) is 20.1. The zero-order chi connectivity index (χ0) is 50.1. The highest BCUT2D eigenvalue weighted by Crippen LogP contribution is 2.66. The first kappa shape index (κ1) is 44.1. The third-order valence-electron chi connectivity index (χ3n) is 16.1. The quantitative estimate of drug-likeness (QED) is 0.166. The van der Waals surface area contributed by atoms with Crippen LogP contribution in [0.15, 0.2) is 235 Å². The summed E-state index contributed by atoms with van der Waals surface area (Å²) >= 11 is 0. The van der Waals surface area contributed by atoms with Gasteiger partial charge in [0.1, 0.15) is 11.2 Å². The van der Waals surface area contributed by atoms with Crippen molar-refractivity contribution in [3.63, 3.8) is 0 Å². The summed E-state index contributed by atoms with van der Waals surface area (Å²) in [6.45, 7) is 13.7. The fourth-order valence-electron chi connectivity index (χ4n) is 12.5. The van der Waals surface area contributed by atoms with Gasteiger partial charge in [-0.2, -0.15) is 0 Å². The Balaban J connectivity index is 1.09. The zero-order valence-corrected chi connectivity index (χ0v) is 42.7. The highest BCUT2D eigenvalue weighted by Gasteiger charge is 2.53. The molecule has 11 aromatic carbocycles. The summed E-state index contributed by atoms with van der Waals surface area (Å²) < 4.78 is 7.39. The summed E-state index contributed by atoms with van der Waals surface area (Å²) in [4.78, 5) is 4.94. The number of nitrogens with zero attached hydrogens (tertiary/aromatic N) is 2. The van der Waals surface area contributed by atoms with Crippen LogP contribution < -0.4 is 9.80 Å². The predicted molar refractivity (Wildman–Crippen MR) is 312 cm³/mol. The van der Waals surface area contributed by atoms with E-state index in [0.717, 1.165) is 61.6 Å². The number of para-hydroxylation sites is 1. The topological polar surface area (TPSA) is 19.6 Å². The average molecular weight is 953 g/mol. The Morgan fingerprint density at radius 1 is 0.351 bits per heavy atom. The first-order valence-electron chi connectivity index (χ1n) is 26.1. The molecule has 14 rings (SSSR count). The van der Waals surface area contributed by atoms with Crippen LogP contribution in [0, 0.1) is 0 Å². The van der Waals surface area contributed by atoms with Gasteiger partial charge in [0.05, 0.1) is 16.5 Å². The Labute approximate surface area is 433 Å². The van der Waals surface area contributed by atoms with Gasteiger partial charge in [0, 0.05) is 39.4 Å². The molecule has 0 fully saturated rings. The van der Waals surface area contributed by atoms with Gasteiger partial charge in [-0.3, -0.25) is 0 Å². The normalized spacial score (nSPS) is 13.4. The Morgan fingerprint density at radius 3 is 1.39 bits per heavy atom. The van der Waals surface area contributed by atoms with Crippen molar-refractivity contribution in [2.75, 3.05) is 9.80 Å². The summed E-state index contributed by atoms with van der Waals surface area (Å²) in [6.07, 6.45) is 0. The van der Waals surface area contributed by atoms with Gasteiger partial charge in [-0.05, 0) is 155 Å². The van der Waals surface area contributed by atoms with Crippen molar-refractivity contribution in [1.82, 2.24) is 0 Å². The van der Waals surface area contributed by atoms with Crippen LogP contribution in [0.3, 0.4) is 0 Å². The van der Waals surface area contributed by atoms with E-state index in [2.05, 4.69) is 282 Å². The first-order chi connectivity index (χ1) is 35.9. The minimum absolute atomic E-state index is 0.00602. The molecule has 0 saturated carbocycles. The maximum absolute atomic E-state index is 7.39. The molecule has 74 heavy (non-hydrogen) atoms. The molecule has 1 aromatic heterocycles. The lowest BCUT2D eigenvalue weighted by Crippen LogP contribution is -2.26. The first-order valence-corrected chi connectivity index (χ1v) is 26.1. The maximum Gasteiger partial charge on any atom is 0.145 e. The van der Waals surface area contributed by atoms with E-state index in [-0.39, 0.29) is 10.8 Å². The second-order valence-corrected chi connectivity index (χ2v) is 22.5. The number of furan rings is 1. The molecular formula is C71H56N2O. The molecule has 3 nitrogen and oxygen atoms in total. The molecule has 2 aliphatic rings. The van der Waals surface area contributed by atoms with E-state index >= 15 is 0 Å². The van der Waals surface area contributed by atoms with E-state index in [1.807, 2.05) is 0 Å². The van der Waals surface area contributed by atoms with Crippen LogP contribution in [0.4, 0.5) is 34.1 Å². The molecule has 3 heteroatoms.